The maximum absolute atomic E-state index is 12.4. The smallest absolute Gasteiger partial charge is 0.336 e. The van der Waals surface area contributed by atoms with Gasteiger partial charge in [0.25, 0.3) is 5.91 Å². The van der Waals surface area contributed by atoms with E-state index < -0.39 is 5.97 Å². The summed E-state index contributed by atoms with van der Waals surface area (Å²) < 4.78 is 0.831. The molecule has 0 aliphatic heterocycles. The molecule has 4 aromatic rings. The molecule has 0 aliphatic rings. The molecule has 0 atom stereocenters. The average Bonchev–Trinajstić information content (AvgIpc) is 2.73. The Labute approximate surface area is 175 Å². The molecule has 0 saturated carbocycles. The van der Waals surface area contributed by atoms with E-state index in [0.717, 1.165) is 10.0 Å². The molecule has 4 rings (SSSR count). The van der Waals surface area contributed by atoms with Crippen LogP contribution >= 0.6 is 15.9 Å². The highest BCUT2D eigenvalue weighted by atomic mass is 79.9. The summed E-state index contributed by atoms with van der Waals surface area (Å²) in [4.78, 5) is 28.6. The van der Waals surface area contributed by atoms with Crippen LogP contribution in [0, 0.1) is 0 Å². The van der Waals surface area contributed by atoms with Crippen LogP contribution in [0.4, 0.5) is 5.69 Å². The molecule has 5 nitrogen and oxygen atoms in total. The van der Waals surface area contributed by atoms with E-state index >= 15 is 0 Å². The molecule has 29 heavy (non-hydrogen) atoms. The second-order valence-corrected chi connectivity index (χ2v) is 7.33. The number of carbonyl (C=O) groups excluding carboxylic acids is 1. The lowest BCUT2D eigenvalue weighted by molar-refractivity contribution is 0.0698. The summed E-state index contributed by atoms with van der Waals surface area (Å²) in [7, 11) is 0. The van der Waals surface area contributed by atoms with Crippen molar-refractivity contribution in [3.8, 4) is 11.3 Å². The molecule has 1 heterocycles. The van der Waals surface area contributed by atoms with Crippen LogP contribution in [0.3, 0.4) is 0 Å². The number of pyridine rings is 1. The monoisotopic (exact) mass is 446 g/mol. The van der Waals surface area contributed by atoms with Crippen molar-refractivity contribution in [2.24, 2.45) is 0 Å². The minimum atomic E-state index is -0.997. The van der Waals surface area contributed by atoms with Gasteiger partial charge in [0.15, 0.2) is 0 Å². The van der Waals surface area contributed by atoms with Gasteiger partial charge >= 0.3 is 5.97 Å². The number of aromatic nitrogens is 1. The van der Waals surface area contributed by atoms with Gasteiger partial charge in [-0.3, -0.25) is 4.79 Å². The first-order valence-electron chi connectivity index (χ1n) is 8.82. The fourth-order valence-electron chi connectivity index (χ4n) is 3.06. The van der Waals surface area contributed by atoms with Gasteiger partial charge in [-0.25, -0.2) is 9.78 Å². The zero-order valence-corrected chi connectivity index (χ0v) is 16.7. The Balaban J connectivity index is 1.63. The third kappa shape index (κ3) is 4.02. The summed E-state index contributed by atoms with van der Waals surface area (Å²) in [5.41, 5.74) is 3.33. The van der Waals surface area contributed by atoms with Crippen LogP contribution in [0.15, 0.2) is 83.3 Å². The Morgan fingerprint density at radius 1 is 0.897 bits per heavy atom. The van der Waals surface area contributed by atoms with Crippen molar-refractivity contribution < 1.29 is 14.7 Å². The van der Waals surface area contributed by atoms with Crippen LogP contribution < -0.4 is 5.32 Å². The van der Waals surface area contributed by atoms with E-state index in [-0.39, 0.29) is 11.5 Å². The number of para-hydroxylation sites is 1. The first kappa shape index (κ1) is 18.8. The van der Waals surface area contributed by atoms with Crippen molar-refractivity contribution in [2.75, 3.05) is 5.32 Å². The van der Waals surface area contributed by atoms with E-state index in [9.17, 15) is 14.7 Å². The molecule has 6 heteroatoms. The van der Waals surface area contributed by atoms with Gasteiger partial charge in [0.1, 0.15) is 0 Å². The number of anilines is 1. The summed E-state index contributed by atoms with van der Waals surface area (Å²) in [5, 5.41) is 13.0. The largest absolute Gasteiger partial charge is 0.478 e. The summed E-state index contributed by atoms with van der Waals surface area (Å²) in [6.45, 7) is 0. The van der Waals surface area contributed by atoms with Gasteiger partial charge in [0.2, 0.25) is 0 Å². The lowest BCUT2D eigenvalue weighted by Gasteiger charge is -2.09. The third-order valence-corrected chi connectivity index (χ3v) is 4.97. The SMILES string of the molecule is O=C(Nc1ccc(-c2cc(C(=O)O)c3ccccc3n2)cc1)c1cccc(Br)c1. The molecule has 3 aromatic carbocycles. The van der Waals surface area contributed by atoms with Gasteiger partial charge in [-0.15, -0.1) is 0 Å². The Kier molecular flexibility index (Phi) is 5.10. The Morgan fingerprint density at radius 3 is 2.38 bits per heavy atom. The summed E-state index contributed by atoms with van der Waals surface area (Å²) in [6.07, 6.45) is 0. The predicted octanol–water partition coefficient (Wildman–Crippen LogP) is 5.61. The predicted molar refractivity (Wildman–Crippen MR) is 116 cm³/mol. The number of carbonyl (C=O) groups is 2. The molecule has 1 amide bonds. The highest BCUT2D eigenvalue weighted by molar-refractivity contribution is 9.10. The van der Waals surface area contributed by atoms with Gasteiger partial charge in [-0.1, -0.05) is 52.3 Å². The zero-order valence-electron chi connectivity index (χ0n) is 15.1. The van der Waals surface area contributed by atoms with Gasteiger partial charge in [0, 0.05) is 26.7 Å². The van der Waals surface area contributed by atoms with E-state index in [0.29, 0.717) is 27.8 Å². The second-order valence-electron chi connectivity index (χ2n) is 6.42. The van der Waals surface area contributed by atoms with Crippen LogP contribution in [0.1, 0.15) is 20.7 Å². The molecule has 0 spiro atoms. The average molecular weight is 447 g/mol. The molecular formula is C23H15BrN2O3. The first-order valence-corrected chi connectivity index (χ1v) is 9.61. The molecule has 0 fully saturated rings. The van der Waals surface area contributed by atoms with E-state index in [4.69, 9.17) is 0 Å². The van der Waals surface area contributed by atoms with Crippen LogP contribution in [0.25, 0.3) is 22.2 Å². The maximum Gasteiger partial charge on any atom is 0.336 e. The number of fused-ring (bicyclic) bond motifs is 1. The van der Waals surface area contributed by atoms with Crippen LogP contribution in [-0.4, -0.2) is 22.0 Å². The van der Waals surface area contributed by atoms with Gasteiger partial charge in [-0.2, -0.15) is 0 Å². The summed E-state index contributed by atoms with van der Waals surface area (Å²) >= 11 is 3.36. The lowest BCUT2D eigenvalue weighted by atomic mass is 10.0. The first-order chi connectivity index (χ1) is 14.0. The zero-order chi connectivity index (χ0) is 20.4. The van der Waals surface area contributed by atoms with Gasteiger partial charge < -0.3 is 10.4 Å². The number of carboxylic acids is 1. The number of carboxylic acid groups (broad SMARTS) is 1. The second kappa shape index (κ2) is 7.85. The lowest BCUT2D eigenvalue weighted by Crippen LogP contribution is -2.11. The Hall–Kier alpha value is -3.51. The van der Waals surface area contributed by atoms with Crippen molar-refractivity contribution in [1.29, 1.82) is 0 Å². The van der Waals surface area contributed by atoms with Crippen molar-refractivity contribution in [3.05, 3.63) is 94.5 Å². The minimum Gasteiger partial charge on any atom is -0.478 e. The molecule has 0 aliphatic carbocycles. The standard InChI is InChI=1S/C23H15BrN2O3/c24-16-5-3-4-15(12-16)22(27)25-17-10-8-14(9-11-17)21-13-19(23(28)29)18-6-1-2-7-20(18)26-21/h1-13H,(H,25,27)(H,28,29). The highest BCUT2D eigenvalue weighted by Crippen LogP contribution is 2.26. The summed E-state index contributed by atoms with van der Waals surface area (Å²) in [5.74, 6) is -1.21. The highest BCUT2D eigenvalue weighted by Gasteiger charge is 2.13. The van der Waals surface area contributed by atoms with E-state index in [1.165, 1.54) is 0 Å². The molecular weight excluding hydrogens is 432 g/mol. The Bertz CT molecular complexity index is 1240. The molecule has 142 valence electrons. The van der Waals surface area contributed by atoms with Crippen molar-refractivity contribution in [2.45, 2.75) is 0 Å². The molecule has 0 bridgehead atoms. The molecule has 0 unspecified atom stereocenters. The number of rotatable bonds is 4. The van der Waals surface area contributed by atoms with Crippen molar-refractivity contribution in [1.82, 2.24) is 4.98 Å². The van der Waals surface area contributed by atoms with E-state index in [1.807, 2.05) is 12.1 Å². The molecule has 2 N–H and O–H groups in total. The topological polar surface area (TPSA) is 79.3 Å². The summed E-state index contributed by atoms with van der Waals surface area (Å²) in [6, 6.07) is 23.0. The fourth-order valence-corrected chi connectivity index (χ4v) is 3.46. The van der Waals surface area contributed by atoms with Crippen LogP contribution in [0.5, 0.6) is 0 Å². The number of halogens is 1. The van der Waals surface area contributed by atoms with Crippen LogP contribution in [0.2, 0.25) is 0 Å². The number of nitrogens with one attached hydrogen (secondary N) is 1. The van der Waals surface area contributed by atoms with E-state index in [2.05, 4.69) is 26.2 Å². The van der Waals surface area contributed by atoms with E-state index in [1.54, 1.807) is 66.7 Å². The number of aromatic carboxylic acids is 1. The Morgan fingerprint density at radius 2 is 1.66 bits per heavy atom. The number of hydrogen-bond donors (Lipinski definition) is 2. The van der Waals surface area contributed by atoms with Gasteiger partial charge in [-0.05, 0) is 42.5 Å². The minimum absolute atomic E-state index is 0.206. The molecule has 1 aromatic heterocycles. The number of benzene rings is 3. The third-order valence-electron chi connectivity index (χ3n) is 4.47. The van der Waals surface area contributed by atoms with Gasteiger partial charge in [0.05, 0.1) is 16.8 Å². The maximum atomic E-state index is 12.4. The van der Waals surface area contributed by atoms with Crippen molar-refractivity contribution >= 4 is 44.4 Å². The quantitative estimate of drug-likeness (QED) is 0.426. The molecule has 0 saturated heterocycles. The molecule has 0 radical (unpaired) electrons. The van der Waals surface area contributed by atoms with Crippen LogP contribution in [-0.2, 0) is 0 Å². The normalized spacial score (nSPS) is 10.7. The fraction of sp³-hybridized carbons (Fsp3) is 0. The number of hydrogen-bond acceptors (Lipinski definition) is 3. The van der Waals surface area contributed by atoms with Crippen molar-refractivity contribution in [3.63, 3.8) is 0 Å². The number of nitrogens with zero attached hydrogens (tertiary/aromatic N) is 1. The number of amides is 1.